The van der Waals surface area contributed by atoms with Crippen LogP contribution in [-0.4, -0.2) is 48.5 Å². The second-order valence-corrected chi connectivity index (χ2v) is 4.59. The normalized spacial score (nSPS) is 27.2. The van der Waals surface area contributed by atoms with E-state index in [4.69, 9.17) is 15.6 Å². The van der Waals surface area contributed by atoms with Gasteiger partial charge in [0.2, 0.25) is 0 Å². The molecule has 0 aliphatic carbocycles. The minimum atomic E-state index is -0.701. The Labute approximate surface area is 108 Å². The highest BCUT2D eigenvalue weighted by atomic mass is 16.5. The van der Waals surface area contributed by atoms with Gasteiger partial charge < -0.3 is 20.7 Å². The molecule has 0 aromatic carbocycles. The summed E-state index contributed by atoms with van der Waals surface area (Å²) in [5.74, 6) is 0.863. The standard InChI is InChI=1S/C11H15N5O3/c1-5-14-10(12)9-11(15-5)16(4-13-9)8-2-6(18)7(3-17)19-8/h4,6-8,17-18H,2-3H2,1H3,(H2,12,14,15)/t6-,7-,8-/m1/s1. The van der Waals surface area contributed by atoms with E-state index in [-0.39, 0.29) is 6.61 Å². The Morgan fingerprint density at radius 1 is 1.53 bits per heavy atom. The summed E-state index contributed by atoms with van der Waals surface area (Å²) in [4.78, 5) is 12.5. The molecule has 0 unspecified atom stereocenters. The van der Waals surface area contributed by atoms with Crippen LogP contribution in [0.4, 0.5) is 5.82 Å². The summed E-state index contributed by atoms with van der Waals surface area (Å²) in [6.07, 6.45) is 0.243. The number of nitrogens with two attached hydrogens (primary N) is 1. The third-order valence-electron chi connectivity index (χ3n) is 3.25. The van der Waals surface area contributed by atoms with Crippen molar-refractivity contribution in [2.75, 3.05) is 12.3 Å². The molecule has 8 nitrogen and oxygen atoms in total. The molecule has 0 saturated carbocycles. The maximum atomic E-state index is 9.76. The van der Waals surface area contributed by atoms with Gasteiger partial charge in [-0.2, -0.15) is 0 Å². The smallest absolute Gasteiger partial charge is 0.167 e. The number of imidazole rings is 1. The van der Waals surface area contributed by atoms with Crippen molar-refractivity contribution in [2.24, 2.45) is 0 Å². The van der Waals surface area contributed by atoms with E-state index in [1.165, 1.54) is 0 Å². The SMILES string of the molecule is Cc1nc(N)c2ncn([C@H]3C[C@@H](O)[C@@H](CO)O3)c2n1. The van der Waals surface area contributed by atoms with Crippen molar-refractivity contribution < 1.29 is 14.9 Å². The van der Waals surface area contributed by atoms with E-state index >= 15 is 0 Å². The Kier molecular flexibility index (Phi) is 2.85. The number of rotatable bonds is 2. The molecule has 4 N–H and O–H groups in total. The van der Waals surface area contributed by atoms with Gasteiger partial charge in [0.15, 0.2) is 11.5 Å². The second kappa shape index (κ2) is 4.41. The summed E-state index contributed by atoms with van der Waals surface area (Å²) in [6, 6.07) is 0. The Morgan fingerprint density at radius 2 is 2.32 bits per heavy atom. The maximum absolute atomic E-state index is 9.76. The first kappa shape index (κ1) is 12.3. The zero-order valence-corrected chi connectivity index (χ0v) is 10.4. The number of anilines is 1. The first-order chi connectivity index (χ1) is 9.10. The first-order valence-electron chi connectivity index (χ1n) is 6.01. The number of ether oxygens (including phenoxy) is 1. The lowest BCUT2D eigenvalue weighted by atomic mass is 10.2. The van der Waals surface area contributed by atoms with Crippen molar-refractivity contribution in [1.82, 2.24) is 19.5 Å². The third-order valence-corrected chi connectivity index (χ3v) is 3.25. The summed E-state index contributed by atoms with van der Waals surface area (Å²) in [5, 5.41) is 18.9. The largest absolute Gasteiger partial charge is 0.394 e. The van der Waals surface area contributed by atoms with Crippen molar-refractivity contribution in [3.8, 4) is 0 Å². The lowest BCUT2D eigenvalue weighted by Gasteiger charge is -2.13. The molecule has 0 amide bonds. The summed E-state index contributed by atoms with van der Waals surface area (Å²) < 4.78 is 7.28. The number of hydrogen-bond acceptors (Lipinski definition) is 7. The molecule has 3 heterocycles. The zero-order chi connectivity index (χ0) is 13.6. The highest BCUT2D eigenvalue weighted by Gasteiger charge is 2.35. The minimum Gasteiger partial charge on any atom is -0.394 e. The van der Waals surface area contributed by atoms with Crippen LogP contribution in [-0.2, 0) is 4.74 Å². The number of aryl methyl sites for hydroxylation is 1. The van der Waals surface area contributed by atoms with E-state index < -0.39 is 18.4 Å². The molecule has 0 bridgehead atoms. The van der Waals surface area contributed by atoms with E-state index in [1.54, 1.807) is 17.8 Å². The molecular formula is C11H15N5O3. The molecule has 8 heteroatoms. The van der Waals surface area contributed by atoms with Gasteiger partial charge in [0.25, 0.3) is 0 Å². The van der Waals surface area contributed by atoms with Crippen LogP contribution in [0.15, 0.2) is 6.33 Å². The molecule has 1 fully saturated rings. The molecule has 1 aliphatic heterocycles. The van der Waals surface area contributed by atoms with Gasteiger partial charge in [-0.3, -0.25) is 4.57 Å². The van der Waals surface area contributed by atoms with Gasteiger partial charge in [-0.15, -0.1) is 0 Å². The Morgan fingerprint density at radius 3 is 3.00 bits per heavy atom. The molecule has 102 valence electrons. The average Bonchev–Trinajstić information content (AvgIpc) is 2.92. The number of fused-ring (bicyclic) bond motifs is 1. The molecule has 0 radical (unpaired) electrons. The Hall–Kier alpha value is -1.77. The number of aliphatic hydroxyl groups is 2. The van der Waals surface area contributed by atoms with Crippen LogP contribution in [0, 0.1) is 6.92 Å². The Balaban J connectivity index is 2.02. The lowest BCUT2D eigenvalue weighted by molar-refractivity contribution is -0.0432. The van der Waals surface area contributed by atoms with E-state index in [9.17, 15) is 5.11 Å². The van der Waals surface area contributed by atoms with E-state index in [2.05, 4.69) is 15.0 Å². The summed E-state index contributed by atoms with van der Waals surface area (Å²) in [7, 11) is 0. The van der Waals surface area contributed by atoms with Gasteiger partial charge in [-0.05, 0) is 6.92 Å². The van der Waals surface area contributed by atoms with E-state index in [1.807, 2.05) is 0 Å². The molecule has 1 aliphatic rings. The van der Waals surface area contributed by atoms with Crippen molar-refractivity contribution in [3.05, 3.63) is 12.2 Å². The van der Waals surface area contributed by atoms with Crippen molar-refractivity contribution in [2.45, 2.75) is 31.8 Å². The van der Waals surface area contributed by atoms with Gasteiger partial charge in [0, 0.05) is 6.42 Å². The molecule has 1 saturated heterocycles. The fraction of sp³-hybridized carbons (Fsp3) is 0.545. The molecule has 2 aromatic rings. The van der Waals surface area contributed by atoms with Crippen LogP contribution in [0.2, 0.25) is 0 Å². The predicted molar refractivity (Wildman–Crippen MR) is 66.1 cm³/mol. The van der Waals surface area contributed by atoms with Crippen LogP contribution >= 0.6 is 0 Å². The Bertz CT molecular complexity index is 614. The fourth-order valence-corrected chi connectivity index (χ4v) is 2.31. The number of aliphatic hydroxyl groups excluding tert-OH is 2. The summed E-state index contributed by atoms with van der Waals surface area (Å²) in [6.45, 7) is 1.52. The second-order valence-electron chi connectivity index (χ2n) is 4.59. The van der Waals surface area contributed by atoms with Crippen molar-refractivity contribution >= 4 is 17.0 Å². The minimum absolute atomic E-state index is 0.222. The topological polar surface area (TPSA) is 119 Å². The summed E-state index contributed by atoms with van der Waals surface area (Å²) in [5.41, 5.74) is 6.87. The predicted octanol–water partition coefficient (Wildman–Crippen LogP) is -0.642. The van der Waals surface area contributed by atoms with Crippen molar-refractivity contribution in [3.63, 3.8) is 0 Å². The van der Waals surface area contributed by atoms with Gasteiger partial charge in [-0.25, -0.2) is 15.0 Å². The molecule has 19 heavy (non-hydrogen) atoms. The monoisotopic (exact) mass is 265 g/mol. The average molecular weight is 265 g/mol. The van der Waals surface area contributed by atoms with Crippen LogP contribution in [0.3, 0.4) is 0 Å². The van der Waals surface area contributed by atoms with Gasteiger partial charge in [0.1, 0.15) is 23.7 Å². The van der Waals surface area contributed by atoms with Crippen LogP contribution in [0.5, 0.6) is 0 Å². The maximum Gasteiger partial charge on any atom is 0.167 e. The number of aromatic nitrogens is 4. The molecule has 2 aromatic heterocycles. The van der Waals surface area contributed by atoms with E-state index in [0.29, 0.717) is 29.2 Å². The molecule has 3 atom stereocenters. The van der Waals surface area contributed by atoms with Crippen LogP contribution in [0.1, 0.15) is 18.5 Å². The molecular weight excluding hydrogens is 250 g/mol. The number of nitrogens with zero attached hydrogens (tertiary/aromatic N) is 4. The van der Waals surface area contributed by atoms with Crippen LogP contribution < -0.4 is 5.73 Å². The van der Waals surface area contributed by atoms with Gasteiger partial charge >= 0.3 is 0 Å². The quantitative estimate of drug-likeness (QED) is 0.660. The highest BCUT2D eigenvalue weighted by Crippen LogP contribution is 2.31. The van der Waals surface area contributed by atoms with Crippen molar-refractivity contribution in [1.29, 1.82) is 0 Å². The first-order valence-corrected chi connectivity index (χ1v) is 6.01. The zero-order valence-electron chi connectivity index (χ0n) is 10.4. The number of nitrogen functional groups attached to an aromatic ring is 1. The van der Waals surface area contributed by atoms with Crippen LogP contribution in [0.25, 0.3) is 11.2 Å². The van der Waals surface area contributed by atoms with Gasteiger partial charge in [0.05, 0.1) is 19.0 Å². The third kappa shape index (κ3) is 1.93. The lowest BCUT2D eigenvalue weighted by Crippen LogP contribution is -2.24. The number of hydrogen-bond donors (Lipinski definition) is 3. The fourth-order valence-electron chi connectivity index (χ4n) is 2.31. The van der Waals surface area contributed by atoms with Gasteiger partial charge in [-0.1, -0.05) is 0 Å². The summed E-state index contributed by atoms with van der Waals surface area (Å²) >= 11 is 0. The highest BCUT2D eigenvalue weighted by molar-refractivity contribution is 5.81. The molecule has 0 spiro atoms. The molecule has 3 rings (SSSR count). The van der Waals surface area contributed by atoms with E-state index in [0.717, 1.165) is 0 Å².